The molecule has 15 aromatic rings. The molecule has 0 saturated heterocycles. The van der Waals surface area contributed by atoms with Gasteiger partial charge in [-0.25, -0.2) is 41.1 Å². The largest absolute Gasteiger partial charge is 0.490 e. The number of nitrogens with zero attached hydrogens (tertiary/aromatic N) is 6. The molecule has 145 heavy (non-hydrogen) atoms. The summed E-state index contributed by atoms with van der Waals surface area (Å²) < 4.78 is 111. The van der Waals surface area contributed by atoms with Crippen molar-refractivity contribution in [1.82, 2.24) is 61.2 Å². The molecule has 33 nitrogen and oxygen atoms in total. The second-order valence-electron chi connectivity index (χ2n) is 33.9. The molecule has 16 rings (SSSR count). The molecule has 38 heteroatoms. The number of carbonyl (C=O) groups excluding carboxylic acids is 5. The maximum absolute atomic E-state index is 13.3. The van der Waals surface area contributed by atoms with Crippen molar-refractivity contribution in [2.45, 2.75) is 105 Å². The van der Waals surface area contributed by atoms with Crippen molar-refractivity contribution in [2.24, 2.45) is 5.92 Å². The lowest BCUT2D eigenvalue weighted by molar-refractivity contribution is 0.0510. The summed E-state index contributed by atoms with van der Waals surface area (Å²) in [6.45, 7) is 11.6. The molecule has 0 aliphatic heterocycles. The van der Waals surface area contributed by atoms with Crippen LogP contribution in [0.5, 0.6) is 28.7 Å². The van der Waals surface area contributed by atoms with Gasteiger partial charge in [0.2, 0.25) is 0 Å². The summed E-state index contributed by atoms with van der Waals surface area (Å²) in [7, 11) is 0. The molecule has 0 bridgehead atoms. The van der Waals surface area contributed by atoms with Gasteiger partial charge in [0.15, 0.2) is 0 Å². The number of aromatic amines is 4. The number of aromatic carboxylic acids is 1. The number of benzene rings is 10. The molecule has 1 saturated carbocycles. The first kappa shape index (κ1) is 108. The Morgan fingerprint density at radius 3 is 1.14 bits per heavy atom. The Labute approximate surface area is 828 Å². The van der Waals surface area contributed by atoms with Crippen molar-refractivity contribution >= 4 is 127 Å². The van der Waals surface area contributed by atoms with Crippen molar-refractivity contribution in [2.75, 3.05) is 85.9 Å². The molecule has 0 spiro atoms. The molecule has 760 valence electrons. The third-order valence-electron chi connectivity index (χ3n) is 22.0. The standard InChI is InChI=1S/C25H27FN2O6.C23H28FN3O4.C21H22FN3O3.C20H19FN2O4.C18H15FN2O4/c1-5-32-23(30)18-11-13-20-21(22(18)33-15-14-29)19(12-8-16-6-9-17(26)10-7-16)27-28(20)24(31)34-25(2,3)4;1-14(2)20(13-29)25-23(30)17-8-10-19-21(22(17)31-12-11-28)18(26-27-19)9-5-15-3-6-16(24)7-4-15;22-14-4-1-13(2-5-14)3-9-17-19-18(25-24-17)10-8-16(20(19)28-12-11-26)21(27)23-15-6-7-15;1-2-26-20(25)15-8-10-17-18(19(15)27-12-11-24)16(22-23-17)9-5-13-3-6-14(21)7-4-13;19-12-4-1-11(2-5-12)3-7-14-16-15(21-20-14)8-6-13(18(23)24)17(16)25-10-9-22/h6-13,29H,5,14-15H2,1-4H3;3-4,6-8,10,14,20,28-29H,5,9,11-13H2,1-2H3,(H,25,30)(H,26,27);1-2,4-5,8,10,15,26H,3,6-7,9,11-12H2,(H,23,27)(H,24,25);3-10,24H,2,11-12H2,1H3,(H,22,23);1-8,22H,9-10H2,(H,20,21)(H,23,24)/b12-8+;;;9-5+;7-3+/t;20-;;;/m.1.../s1. The van der Waals surface area contributed by atoms with Crippen LogP contribution in [0.3, 0.4) is 0 Å². The highest BCUT2D eigenvalue weighted by molar-refractivity contribution is 6.09. The first-order valence-electron chi connectivity index (χ1n) is 46.6. The second kappa shape index (κ2) is 52.1. The number of ether oxygens (including phenoxy) is 8. The highest BCUT2D eigenvalue weighted by Crippen LogP contribution is 2.40. The van der Waals surface area contributed by atoms with Crippen molar-refractivity contribution in [3.8, 4) is 28.7 Å². The lowest BCUT2D eigenvalue weighted by Crippen LogP contribution is -2.41. The number of amides is 2. The first-order valence-corrected chi connectivity index (χ1v) is 46.6. The van der Waals surface area contributed by atoms with Crippen molar-refractivity contribution < 1.29 is 124 Å². The van der Waals surface area contributed by atoms with Gasteiger partial charge < -0.3 is 84.3 Å². The average molecular weight is 2000 g/mol. The maximum atomic E-state index is 13.3. The van der Waals surface area contributed by atoms with Crippen LogP contribution in [0.2, 0.25) is 0 Å². The number of carboxylic acids is 1. The van der Waals surface area contributed by atoms with Crippen LogP contribution >= 0.6 is 0 Å². The van der Waals surface area contributed by atoms with Gasteiger partial charge in [0.05, 0.1) is 142 Å². The average Bonchev–Trinajstić information content (AvgIpc) is 1.58. The van der Waals surface area contributed by atoms with Gasteiger partial charge in [-0.15, -0.1) is 0 Å². The van der Waals surface area contributed by atoms with Crippen molar-refractivity contribution in [3.05, 3.63) is 295 Å². The number of hydrogen-bond donors (Lipinski definition) is 13. The monoisotopic (exact) mass is 1990 g/mol. The molecule has 1 atom stereocenters. The Morgan fingerprint density at radius 1 is 0.421 bits per heavy atom. The van der Waals surface area contributed by atoms with E-state index in [4.69, 9.17) is 48.1 Å². The SMILES string of the molecule is CC(C)[C@@H](CO)NC(=O)c1ccc2n[nH]c(CCc3ccc(F)cc3)c2c1OCCO.CCOC(=O)c1ccc2c(c(/C=C/c3ccc(F)cc3)nn2C(=O)OC(C)(C)C)c1OCCO.CCOC(=O)c1ccc2n[nH]c(/C=C/c3ccc(F)cc3)c2c1OCCO.O=C(NC1CC1)c1ccc2n[nH]c(CCc3ccc(F)cc3)c2c1OCCO.O=C(O)c1ccc2n[nH]c(/C=C/c3ccc(F)cc3)c2c1OCCO. The summed E-state index contributed by atoms with van der Waals surface area (Å²) in [5.74, 6) is -2.95. The minimum atomic E-state index is -1.13. The van der Waals surface area contributed by atoms with Crippen LogP contribution in [0.25, 0.3) is 91.0 Å². The summed E-state index contributed by atoms with van der Waals surface area (Å²) in [5, 5.41) is 107. The Morgan fingerprint density at radius 2 is 0.766 bits per heavy atom. The van der Waals surface area contributed by atoms with Crippen LogP contribution in [-0.2, 0) is 39.9 Å². The number of H-pyrrole nitrogens is 4. The van der Waals surface area contributed by atoms with Crippen molar-refractivity contribution in [3.63, 3.8) is 0 Å². The third-order valence-corrected chi connectivity index (χ3v) is 22.0. The minimum Gasteiger partial charge on any atom is -0.490 e. The lowest BCUT2D eigenvalue weighted by atomic mass is 10.0. The van der Waals surface area contributed by atoms with Gasteiger partial charge in [-0.3, -0.25) is 30.0 Å². The number of fused-ring (bicyclic) bond motifs is 5. The number of nitrogens with one attached hydrogen (secondary N) is 6. The number of esters is 2. The van der Waals surface area contributed by atoms with E-state index in [9.17, 15) is 76.3 Å². The molecule has 13 N–H and O–H groups in total. The molecular formula is C107H111F5N12O21. The van der Waals surface area contributed by atoms with Crippen LogP contribution < -0.4 is 34.3 Å². The molecule has 2 amide bonds. The van der Waals surface area contributed by atoms with E-state index in [0.29, 0.717) is 126 Å². The quantitative estimate of drug-likeness (QED) is 0.00971. The molecule has 1 aliphatic carbocycles. The smallest absolute Gasteiger partial charge is 0.435 e. The third kappa shape index (κ3) is 29.2. The van der Waals surface area contributed by atoms with E-state index in [0.717, 1.165) is 56.6 Å². The van der Waals surface area contributed by atoms with Gasteiger partial charge in [-0.1, -0.05) is 92.7 Å². The van der Waals surface area contributed by atoms with Crippen LogP contribution in [-0.4, -0.2) is 226 Å². The molecule has 5 aromatic heterocycles. The summed E-state index contributed by atoms with van der Waals surface area (Å²) in [5.41, 5.74) is 10.5. The highest BCUT2D eigenvalue weighted by Gasteiger charge is 2.32. The number of carbonyl (C=O) groups is 6. The zero-order valence-electron chi connectivity index (χ0n) is 80.4. The topological polar surface area (TPSA) is 474 Å². The fraction of sp³-hybridized carbons (Fsp3) is 0.280. The van der Waals surface area contributed by atoms with Crippen LogP contribution in [0.15, 0.2) is 182 Å². The number of aromatic nitrogens is 10. The Bertz CT molecular complexity index is 7040. The van der Waals surface area contributed by atoms with E-state index in [1.807, 2.05) is 13.8 Å². The van der Waals surface area contributed by atoms with Crippen LogP contribution in [0.4, 0.5) is 26.7 Å². The Balaban J connectivity index is 0.000000162. The van der Waals surface area contributed by atoms with E-state index in [-0.39, 0.29) is 167 Å². The fourth-order valence-corrected chi connectivity index (χ4v) is 14.9. The molecule has 1 fully saturated rings. The lowest BCUT2D eigenvalue weighted by Gasteiger charge is -2.21. The summed E-state index contributed by atoms with van der Waals surface area (Å²) >= 11 is 0. The van der Waals surface area contributed by atoms with Gasteiger partial charge in [0.25, 0.3) is 11.8 Å². The van der Waals surface area contributed by atoms with E-state index in [2.05, 4.69) is 56.5 Å². The minimum absolute atomic E-state index is 0.0150. The van der Waals surface area contributed by atoms with Crippen LogP contribution in [0, 0.1) is 35.0 Å². The number of aryl methyl sites for hydroxylation is 4. The maximum Gasteiger partial charge on any atom is 0.435 e. The number of aliphatic hydroxyl groups is 6. The molecule has 10 aromatic carbocycles. The van der Waals surface area contributed by atoms with Gasteiger partial charge in [-0.05, 0) is 246 Å². The number of carboxylic acid groups (broad SMARTS) is 1. The van der Waals surface area contributed by atoms with Crippen LogP contribution in [0.1, 0.15) is 169 Å². The Hall–Kier alpha value is -16.0. The molecule has 5 heterocycles. The number of hydrogen-bond acceptors (Lipinski definition) is 25. The van der Waals surface area contributed by atoms with E-state index in [1.54, 1.807) is 180 Å². The highest BCUT2D eigenvalue weighted by atomic mass is 19.1. The summed E-state index contributed by atoms with van der Waals surface area (Å²) in [4.78, 5) is 74.8. The molecule has 0 radical (unpaired) electrons. The number of rotatable bonds is 38. The van der Waals surface area contributed by atoms with Gasteiger partial charge in [0.1, 0.15) is 113 Å². The van der Waals surface area contributed by atoms with E-state index >= 15 is 0 Å². The second-order valence-corrected chi connectivity index (χ2v) is 33.9. The van der Waals surface area contributed by atoms with E-state index < -0.39 is 35.6 Å². The van der Waals surface area contributed by atoms with Gasteiger partial charge >= 0.3 is 24.0 Å². The van der Waals surface area contributed by atoms with E-state index in [1.165, 1.54) is 72.8 Å². The predicted octanol–water partition coefficient (Wildman–Crippen LogP) is 16.4. The number of aliphatic hydroxyl groups excluding tert-OH is 6. The van der Waals surface area contributed by atoms with Gasteiger partial charge in [0, 0.05) is 17.4 Å². The number of halogens is 5. The fourth-order valence-electron chi connectivity index (χ4n) is 14.9. The molecule has 1 aliphatic rings. The summed E-state index contributed by atoms with van der Waals surface area (Å²) in [6.07, 6.45) is 14.1. The zero-order valence-corrected chi connectivity index (χ0v) is 80.4. The molecule has 0 unspecified atom stereocenters. The molecular weight excluding hydrogens is 1880 g/mol. The Kier molecular flexibility index (Phi) is 38.8. The summed E-state index contributed by atoms with van der Waals surface area (Å²) in [6, 6.07) is 46.5. The predicted molar refractivity (Wildman–Crippen MR) is 535 cm³/mol. The van der Waals surface area contributed by atoms with Crippen molar-refractivity contribution in [1.29, 1.82) is 0 Å². The first-order chi connectivity index (χ1) is 70.0. The normalized spacial score (nSPS) is 12.0. The zero-order chi connectivity index (χ0) is 104. The van der Waals surface area contributed by atoms with Gasteiger partial charge in [-0.2, -0.15) is 30.2 Å².